The Kier molecular flexibility index (Phi) is 7.19. The average molecular weight is 568 g/mol. The fourth-order valence-electron chi connectivity index (χ4n) is 3.91. The van der Waals surface area contributed by atoms with E-state index in [1.807, 2.05) is 37.4 Å². The second-order valence-electron chi connectivity index (χ2n) is 8.27. The lowest BCUT2D eigenvalue weighted by molar-refractivity contribution is -0.115. The molecular formula is C25H22BrN5O4S. The molecule has 36 heavy (non-hydrogen) atoms. The highest BCUT2D eigenvalue weighted by molar-refractivity contribution is 9.10. The predicted molar refractivity (Wildman–Crippen MR) is 140 cm³/mol. The number of halogens is 1. The number of ether oxygens (including phenoxy) is 2. The van der Waals surface area contributed by atoms with Gasteiger partial charge in [0.25, 0.3) is 11.1 Å². The van der Waals surface area contributed by atoms with Crippen LogP contribution >= 0.6 is 27.7 Å². The van der Waals surface area contributed by atoms with Gasteiger partial charge in [-0.1, -0.05) is 12.1 Å². The summed E-state index contributed by atoms with van der Waals surface area (Å²) < 4.78 is 13.2. The van der Waals surface area contributed by atoms with Gasteiger partial charge >= 0.3 is 0 Å². The maximum absolute atomic E-state index is 11.8. The van der Waals surface area contributed by atoms with E-state index >= 15 is 0 Å². The molecule has 0 unspecified atom stereocenters. The van der Waals surface area contributed by atoms with Gasteiger partial charge in [0.05, 0.1) is 10.5 Å². The number of rotatable bonds is 6. The van der Waals surface area contributed by atoms with Gasteiger partial charge in [-0.2, -0.15) is 0 Å². The van der Waals surface area contributed by atoms with Crippen molar-refractivity contribution in [2.24, 2.45) is 0 Å². The Balaban J connectivity index is 1.23. The molecule has 0 saturated carbocycles. The van der Waals surface area contributed by atoms with Crippen molar-refractivity contribution >= 4 is 50.7 Å². The Morgan fingerprint density at radius 1 is 1.11 bits per heavy atom. The maximum atomic E-state index is 11.8. The van der Waals surface area contributed by atoms with Gasteiger partial charge in [-0.25, -0.2) is 15.0 Å². The SMILES string of the molecule is Cc1c(Oc2cccc(/C=C3\SC(=O)NC3=O)c2)ncnc1OC1CCN(c2ccc(Br)cn2)CC1. The molecule has 184 valence electrons. The lowest BCUT2D eigenvalue weighted by Crippen LogP contribution is -2.38. The number of benzene rings is 1. The van der Waals surface area contributed by atoms with Crippen molar-refractivity contribution in [1.82, 2.24) is 20.3 Å². The molecule has 9 nitrogen and oxygen atoms in total. The van der Waals surface area contributed by atoms with E-state index in [0.717, 1.165) is 53.5 Å². The largest absolute Gasteiger partial charge is 0.474 e. The molecule has 0 spiro atoms. The number of thioether (sulfide) groups is 1. The molecule has 11 heteroatoms. The average Bonchev–Trinajstić information content (AvgIpc) is 3.19. The van der Waals surface area contributed by atoms with Crippen LogP contribution in [0.15, 0.2) is 58.3 Å². The summed E-state index contributed by atoms with van der Waals surface area (Å²) >= 11 is 4.30. The minimum atomic E-state index is -0.399. The normalized spacial score (nSPS) is 17.4. The number of pyridine rings is 1. The molecule has 3 aromatic rings. The molecule has 2 aliphatic heterocycles. The van der Waals surface area contributed by atoms with Crippen LogP contribution in [-0.2, 0) is 4.79 Å². The number of amides is 2. The highest BCUT2D eigenvalue weighted by Gasteiger charge is 2.25. The number of hydrogen-bond donors (Lipinski definition) is 1. The smallest absolute Gasteiger partial charge is 0.290 e. The molecule has 2 amide bonds. The van der Waals surface area contributed by atoms with Gasteiger partial charge in [0.2, 0.25) is 11.8 Å². The number of piperidine rings is 1. The first kappa shape index (κ1) is 24.3. The third kappa shape index (κ3) is 5.68. The van der Waals surface area contributed by atoms with Gasteiger partial charge < -0.3 is 14.4 Å². The molecule has 0 atom stereocenters. The first-order valence-electron chi connectivity index (χ1n) is 11.3. The zero-order chi connectivity index (χ0) is 25.1. The minimum absolute atomic E-state index is 0.0332. The lowest BCUT2D eigenvalue weighted by atomic mass is 10.1. The first-order chi connectivity index (χ1) is 17.4. The fourth-order valence-corrected chi connectivity index (χ4v) is 4.82. The number of hydrogen-bond acceptors (Lipinski definition) is 9. The number of anilines is 1. The second-order valence-corrected chi connectivity index (χ2v) is 10.2. The lowest BCUT2D eigenvalue weighted by Gasteiger charge is -2.32. The van der Waals surface area contributed by atoms with Gasteiger partial charge in [0.15, 0.2) is 0 Å². The van der Waals surface area contributed by atoms with Gasteiger partial charge in [0.1, 0.15) is 24.0 Å². The summed E-state index contributed by atoms with van der Waals surface area (Å²) in [6.07, 6.45) is 6.61. The zero-order valence-electron chi connectivity index (χ0n) is 19.3. The van der Waals surface area contributed by atoms with Crippen molar-refractivity contribution in [3.63, 3.8) is 0 Å². The minimum Gasteiger partial charge on any atom is -0.474 e. The quantitative estimate of drug-likeness (QED) is 0.406. The third-order valence-electron chi connectivity index (χ3n) is 5.76. The van der Waals surface area contributed by atoms with E-state index in [2.05, 4.69) is 41.1 Å². The maximum Gasteiger partial charge on any atom is 0.290 e. The summed E-state index contributed by atoms with van der Waals surface area (Å²) in [5.74, 6) is 1.99. The Morgan fingerprint density at radius 3 is 2.64 bits per heavy atom. The standard InChI is InChI=1S/C25H22BrN5O4S/c1-15-23(34-18-7-9-31(10-8-18)21-6-5-17(26)13-27-21)28-14-29-24(15)35-19-4-2-3-16(11-19)12-20-22(32)30-25(33)36-20/h2-6,11-14,18H,7-10H2,1H3,(H,30,32,33)/b20-12-. The molecule has 5 rings (SSSR count). The molecule has 1 N–H and O–H groups in total. The van der Waals surface area contributed by atoms with Crippen LogP contribution in [0.4, 0.5) is 10.6 Å². The van der Waals surface area contributed by atoms with E-state index < -0.39 is 5.91 Å². The summed E-state index contributed by atoms with van der Waals surface area (Å²) in [7, 11) is 0. The molecule has 0 aliphatic carbocycles. The van der Waals surface area contributed by atoms with Crippen molar-refractivity contribution in [3.05, 3.63) is 69.4 Å². The number of carbonyl (C=O) groups is 2. The van der Waals surface area contributed by atoms with E-state index in [9.17, 15) is 9.59 Å². The Hall–Kier alpha value is -3.44. The van der Waals surface area contributed by atoms with Crippen LogP contribution in [-0.4, -0.2) is 45.3 Å². The van der Waals surface area contributed by atoms with Crippen LogP contribution in [0.3, 0.4) is 0 Å². The summed E-state index contributed by atoms with van der Waals surface area (Å²) in [4.78, 5) is 38.9. The van der Waals surface area contributed by atoms with Crippen LogP contribution in [0, 0.1) is 6.92 Å². The van der Waals surface area contributed by atoms with Crippen molar-refractivity contribution in [2.75, 3.05) is 18.0 Å². The van der Waals surface area contributed by atoms with Crippen LogP contribution < -0.4 is 19.7 Å². The van der Waals surface area contributed by atoms with E-state index in [1.54, 1.807) is 18.2 Å². The van der Waals surface area contributed by atoms with Crippen LogP contribution in [0.2, 0.25) is 0 Å². The van der Waals surface area contributed by atoms with E-state index in [1.165, 1.54) is 6.33 Å². The number of nitrogens with one attached hydrogen (secondary N) is 1. The monoisotopic (exact) mass is 567 g/mol. The van der Waals surface area contributed by atoms with Crippen LogP contribution in [0.1, 0.15) is 24.0 Å². The number of aromatic nitrogens is 3. The molecular weight excluding hydrogens is 546 g/mol. The van der Waals surface area contributed by atoms with Crippen molar-refractivity contribution in [2.45, 2.75) is 25.9 Å². The Labute approximate surface area is 220 Å². The summed E-state index contributed by atoms with van der Waals surface area (Å²) in [6.45, 7) is 3.55. The molecule has 2 saturated heterocycles. The van der Waals surface area contributed by atoms with Crippen LogP contribution in [0.25, 0.3) is 6.08 Å². The molecule has 2 aliphatic rings. The van der Waals surface area contributed by atoms with E-state index in [-0.39, 0.29) is 11.3 Å². The van der Waals surface area contributed by atoms with Crippen LogP contribution in [0.5, 0.6) is 17.5 Å². The highest BCUT2D eigenvalue weighted by atomic mass is 79.9. The predicted octanol–water partition coefficient (Wildman–Crippen LogP) is 5.11. The molecule has 1 aromatic carbocycles. The highest BCUT2D eigenvalue weighted by Crippen LogP contribution is 2.31. The van der Waals surface area contributed by atoms with Crippen molar-refractivity contribution in [3.8, 4) is 17.5 Å². The van der Waals surface area contributed by atoms with E-state index in [0.29, 0.717) is 28.0 Å². The zero-order valence-corrected chi connectivity index (χ0v) is 21.7. The molecule has 2 aromatic heterocycles. The Bertz CT molecular complexity index is 1330. The summed E-state index contributed by atoms with van der Waals surface area (Å²) in [5.41, 5.74) is 1.43. The fraction of sp³-hybridized carbons (Fsp3) is 0.240. The van der Waals surface area contributed by atoms with Gasteiger partial charge in [-0.05, 0) is 70.5 Å². The second kappa shape index (κ2) is 10.7. The topological polar surface area (TPSA) is 107 Å². The summed E-state index contributed by atoms with van der Waals surface area (Å²) in [6, 6.07) is 11.2. The molecule has 2 fully saturated rings. The van der Waals surface area contributed by atoms with Crippen molar-refractivity contribution < 1.29 is 19.1 Å². The van der Waals surface area contributed by atoms with Crippen molar-refractivity contribution in [1.29, 1.82) is 0 Å². The third-order valence-corrected chi connectivity index (χ3v) is 7.04. The summed E-state index contributed by atoms with van der Waals surface area (Å²) in [5, 5.41) is 1.87. The van der Waals surface area contributed by atoms with Gasteiger partial charge in [0, 0.05) is 36.6 Å². The van der Waals surface area contributed by atoms with Gasteiger partial charge in [-0.3, -0.25) is 14.9 Å². The Morgan fingerprint density at radius 2 is 1.92 bits per heavy atom. The van der Waals surface area contributed by atoms with Gasteiger partial charge in [-0.15, -0.1) is 0 Å². The number of carbonyl (C=O) groups excluding carboxylic acids is 2. The number of imide groups is 1. The molecule has 4 heterocycles. The first-order valence-corrected chi connectivity index (χ1v) is 12.9. The number of nitrogens with zero attached hydrogens (tertiary/aromatic N) is 4. The van der Waals surface area contributed by atoms with E-state index in [4.69, 9.17) is 9.47 Å². The molecule has 0 bridgehead atoms. The molecule has 0 radical (unpaired) electrons.